The molecule has 1 aliphatic carbocycles. The number of aryl methyl sites for hydroxylation is 3. The molecule has 0 saturated carbocycles. The van der Waals surface area contributed by atoms with Crippen LogP contribution in [0.4, 0.5) is 5.82 Å². The van der Waals surface area contributed by atoms with Crippen molar-refractivity contribution in [3.8, 4) is 0 Å². The van der Waals surface area contributed by atoms with E-state index in [-0.39, 0.29) is 5.75 Å². The molecule has 1 aliphatic rings. The van der Waals surface area contributed by atoms with Crippen molar-refractivity contribution >= 4 is 26.6 Å². The summed E-state index contributed by atoms with van der Waals surface area (Å²) in [6.45, 7) is 2.47. The van der Waals surface area contributed by atoms with Crippen molar-refractivity contribution in [1.29, 1.82) is 0 Å². The van der Waals surface area contributed by atoms with Gasteiger partial charge in [-0.25, -0.2) is 13.4 Å². The first-order chi connectivity index (χ1) is 9.92. The first-order valence-corrected chi connectivity index (χ1v) is 9.33. The molecule has 21 heavy (non-hydrogen) atoms. The highest BCUT2D eigenvalue weighted by atomic mass is 32.2. The summed E-state index contributed by atoms with van der Waals surface area (Å²) in [5, 5.41) is 4.31. The van der Waals surface area contributed by atoms with Gasteiger partial charge < -0.3 is 5.32 Å². The third-order valence-electron chi connectivity index (χ3n) is 4.01. The Hall–Kier alpha value is -1.62. The number of pyridine rings is 1. The fraction of sp³-hybridized carbons (Fsp3) is 0.438. The van der Waals surface area contributed by atoms with E-state index in [2.05, 4.69) is 29.4 Å². The van der Waals surface area contributed by atoms with Crippen LogP contribution in [0.3, 0.4) is 0 Å². The van der Waals surface area contributed by atoms with Gasteiger partial charge in [-0.15, -0.1) is 0 Å². The summed E-state index contributed by atoms with van der Waals surface area (Å²) < 4.78 is 22.3. The Bertz CT molecular complexity index is 798. The van der Waals surface area contributed by atoms with E-state index in [1.54, 1.807) is 0 Å². The van der Waals surface area contributed by atoms with Crippen LogP contribution in [0, 0.1) is 6.92 Å². The summed E-state index contributed by atoms with van der Waals surface area (Å²) in [4.78, 5) is 4.63. The van der Waals surface area contributed by atoms with Gasteiger partial charge in [0.25, 0.3) is 0 Å². The van der Waals surface area contributed by atoms with Gasteiger partial charge in [-0.1, -0.05) is 0 Å². The number of benzene rings is 1. The SMILES string of the molecule is Cc1cc(NCCS(C)(=O)=O)nc2cc3c(cc12)CCC3. The molecule has 0 unspecified atom stereocenters. The van der Waals surface area contributed by atoms with Gasteiger partial charge in [0.2, 0.25) is 0 Å². The lowest BCUT2D eigenvalue weighted by molar-refractivity contribution is 0.602. The zero-order chi connectivity index (χ0) is 15.0. The maximum atomic E-state index is 11.2. The van der Waals surface area contributed by atoms with E-state index in [1.807, 2.05) is 6.07 Å². The molecular formula is C16H20N2O2S. The molecule has 5 heteroatoms. The van der Waals surface area contributed by atoms with Gasteiger partial charge in [0.1, 0.15) is 15.7 Å². The van der Waals surface area contributed by atoms with Crippen molar-refractivity contribution in [3.63, 3.8) is 0 Å². The molecule has 3 rings (SSSR count). The summed E-state index contributed by atoms with van der Waals surface area (Å²) in [6.07, 6.45) is 4.78. The number of fused-ring (bicyclic) bond motifs is 2. The molecule has 1 aromatic heterocycles. The quantitative estimate of drug-likeness (QED) is 0.943. The minimum Gasteiger partial charge on any atom is -0.369 e. The fourth-order valence-corrected chi connectivity index (χ4v) is 3.39. The molecule has 2 aromatic rings. The van der Waals surface area contributed by atoms with E-state index < -0.39 is 9.84 Å². The van der Waals surface area contributed by atoms with Gasteiger partial charge in [-0.2, -0.15) is 0 Å². The summed E-state index contributed by atoms with van der Waals surface area (Å²) in [7, 11) is -2.95. The van der Waals surface area contributed by atoms with Crippen LogP contribution in [0.5, 0.6) is 0 Å². The number of nitrogens with one attached hydrogen (secondary N) is 1. The second-order valence-corrected chi connectivity index (χ2v) is 8.13. The third-order valence-corrected chi connectivity index (χ3v) is 4.95. The van der Waals surface area contributed by atoms with Crippen LogP contribution in [-0.2, 0) is 22.7 Å². The standard InChI is InChI=1S/C16H20N2O2S/c1-11-8-16(17-6-7-21(2,19)20)18-15-10-13-5-3-4-12(13)9-14(11)15/h8-10H,3-7H2,1-2H3,(H,17,18). The largest absolute Gasteiger partial charge is 0.369 e. The van der Waals surface area contributed by atoms with Crippen LogP contribution in [0.25, 0.3) is 10.9 Å². The van der Waals surface area contributed by atoms with Crippen LogP contribution in [0.1, 0.15) is 23.1 Å². The maximum absolute atomic E-state index is 11.2. The predicted octanol–water partition coefficient (Wildman–Crippen LogP) is 2.49. The van der Waals surface area contributed by atoms with E-state index in [0.717, 1.165) is 17.8 Å². The monoisotopic (exact) mass is 304 g/mol. The molecule has 0 saturated heterocycles. The van der Waals surface area contributed by atoms with Crippen molar-refractivity contribution in [2.24, 2.45) is 0 Å². The number of sulfone groups is 1. The zero-order valence-corrected chi connectivity index (χ0v) is 13.3. The van der Waals surface area contributed by atoms with Crippen LogP contribution >= 0.6 is 0 Å². The summed E-state index contributed by atoms with van der Waals surface area (Å²) >= 11 is 0. The molecule has 0 fully saturated rings. The topological polar surface area (TPSA) is 59.1 Å². The summed E-state index contributed by atoms with van der Waals surface area (Å²) in [5.74, 6) is 0.872. The molecular weight excluding hydrogens is 284 g/mol. The summed E-state index contributed by atoms with van der Waals surface area (Å²) in [6, 6.07) is 6.44. The molecule has 1 aromatic carbocycles. The Kier molecular flexibility index (Phi) is 3.61. The van der Waals surface area contributed by atoms with Gasteiger partial charge in [-0.3, -0.25) is 0 Å². The Morgan fingerprint density at radius 1 is 1.19 bits per heavy atom. The van der Waals surface area contributed by atoms with Crippen molar-refractivity contribution in [1.82, 2.24) is 4.98 Å². The average molecular weight is 304 g/mol. The van der Waals surface area contributed by atoms with E-state index in [9.17, 15) is 8.42 Å². The Labute approximate surface area is 125 Å². The third kappa shape index (κ3) is 3.18. The number of hydrogen-bond donors (Lipinski definition) is 1. The molecule has 0 amide bonds. The van der Waals surface area contributed by atoms with E-state index >= 15 is 0 Å². The molecule has 112 valence electrons. The molecule has 0 spiro atoms. The molecule has 0 atom stereocenters. The van der Waals surface area contributed by atoms with Gasteiger partial charge in [0.05, 0.1) is 11.3 Å². The van der Waals surface area contributed by atoms with Crippen molar-refractivity contribution in [3.05, 3.63) is 34.9 Å². The number of nitrogens with zero attached hydrogens (tertiary/aromatic N) is 1. The molecule has 1 heterocycles. The normalized spacial score (nSPS) is 14.4. The Morgan fingerprint density at radius 3 is 2.62 bits per heavy atom. The highest BCUT2D eigenvalue weighted by molar-refractivity contribution is 7.90. The lowest BCUT2D eigenvalue weighted by Crippen LogP contribution is -2.14. The first kappa shape index (κ1) is 14.3. The van der Waals surface area contributed by atoms with Crippen LogP contribution in [0.15, 0.2) is 18.2 Å². The minimum atomic E-state index is -2.95. The number of aromatic nitrogens is 1. The van der Waals surface area contributed by atoms with E-state index in [1.165, 1.54) is 41.2 Å². The van der Waals surface area contributed by atoms with Gasteiger partial charge in [-0.05, 0) is 61.1 Å². The van der Waals surface area contributed by atoms with Crippen LogP contribution in [0.2, 0.25) is 0 Å². The van der Waals surface area contributed by atoms with E-state index in [0.29, 0.717) is 6.54 Å². The molecule has 4 nitrogen and oxygen atoms in total. The second-order valence-electron chi connectivity index (χ2n) is 5.87. The highest BCUT2D eigenvalue weighted by Gasteiger charge is 2.13. The number of rotatable bonds is 4. The van der Waals surface area contributed by atoms with Gasteiger partial charge in [0, 0.05) is 18.2 Å². The molecule has 0 bridgehead atoms. The summed E-state index contributed by atoms with van der Waals surface area (Å²) in [5.41, 5.74) is 5.03. The second kappa shape index (κ2) is 5.30. The molecule has 0 radical (unpaired) electrons. The van der Waals surface area contributed by atoms with Gasteiger partial charge >= 0.3 is 0 Å². The Morgan fingerprint density at radius 2 is 1.90 bits per heavy atom. The van der Waals surface area contributed by atoms with Crippen LogP contribution in [-0.4, -0.2) is 32.0 Å². The number of hydrogen-bond acceptors (Lipinski definition) is 4. The fourth-order valence-electron chi connectivity index (χ4n) is 2.92. The lowest BCUT2D eigenvalue weighted by atomic mass is 10.0. The average Bonchev–Trinajstić information content (AvgIpc) is 2.82. The predicted molar refractivity (Wildman–Crippen MR) is 86.7 cm³/mol. The van der Waals surface area contributed by atoms with Crippen molar-refractivity contribution in [2.45, 2.75) is 26.2 Å². The molecule has 0 aliphatic heterocycles. The maximum Gasteiger partial charge on any atom is 0.149 e. The van der Waals surface area contributed by atoms with Crippen molar-refractivity contribution in [2.75, 3.05) is 23.9 Å². The van der Waals surface area contributed by atoms with Crippen LogP contribution < -0.4 is 5.32 Å². The first-order valence-electron chi connectivity index (χ1n) is 7.27. The van der Waals surface area contributed by atoms with E-state index in [4.69, 9.17) is 0 Å². The minimum absolute atomic E-state index is 0.121. The highest BCUT2D eigenvalue weighted by Crippen LogP contribution is 2.29. The van der Waals surface area contributed by atoms with Crippen molar-refractivity contribution < 1.29 is 8.42 Å². The lowest BCUT2D eigenvalue weighted by Gasteiger charge is -2.10. The van der Waals surface area contributed by atoms with Gasteiger partial charge in [0.15, 0.2) is 0 Å². The zero-order valence-electron chi connectivity index (χ0n) is 12.4. The Balaban J connectivity index is 1.90. The smallest absolute Gasteiger partial charge is 0.149 e. The number of anilines is 1. The molecule has 1 N–H and O–H groups in total.